The van der Waals surface area contributed by atoms with E-state index in [1.54, 1.807) is 0 Å². The van der Waals surface area contributed by atoms with Crippen LogP contribution in [0.1, 0.15) is 99.3 Å². The van der Waals surface area contributed by atoms with Gasteiger partial charge in [-0.3, -0.25) is 14.4 Å². The second-order valence-corrected chi connectivity index (χ2v) is 16.3. The number of nitrogens with zero attached hydrogens (tertiary/aromatic N) is 2. The van der Waals surface area contributed by atoms with Crippen molar-refractivity contribution in [3.63, 3.8) is 0 Å². The predicted octanol–water partition coefficient (Wildman–Crippen LogP) is 6.45. The summed E-state index contributed by atoms with van der Waals surface area (Å²) in [6.45, 7) is 16.3. The maximum Gasteiger partial charge on any atom is 0.222 e. The standard InChI is InChI=1S/C36H50N2O4/c1-23-25-7-9-34(5)28(33(25,4)20-24(22-37)31(23)41)19-27(39)30-26-21-32(2,3)11-13-36(26,14-12-35(30,34)6)10-8-29(40)38-15-17-42-18-16-38/h19-20,23,25-26,30H,7-18,21H2,1-6H3. The van der Waals surface area contributed by atoms with Gasteiger partial charge in [-0.1, -0.05) is 53.2 Å². The summed E-state index contributed by atoms with van der Waals surface area (Å²) in [5, 5.41) is 9.86. The quantitative estimate of drug-likeness (QED) is 0.386. The van der Waals surface area contributed by atoms with Crippen LogP contribution in [-0.4, -0.2) is 48.7 Å². The van der Waals surface area contributed by atoms with Crippen LogP contribution >= 0.6 is 0 Å². The van der Waals surface area contributed by atoms with Gasteiger partial charge in [0.25, 0.3) is 0 Å². The van der Waals surface area contributed by atoms with E-state index in [4.69, 9.17) is 4.74 Å². The first kappa shape index (κ1) is 29.8. The Balaban J connectivity index is 1.39. The fourth-order valence-electron chi connectivity index (χ4n) is 11.1. The van der Waals surface area contributed by atoms with Crippen LogP contribution in [0.4, 0.5) is 0 Å². The van der Waals surface area contributed by atoms with E-state index in [1.807, 2.05) is 24.0 Å². The molecule has 1 aliphatic heterocycles. The molecular formula is C36H50N2O4. The number of nitriles is 1. The zero-order valence-electron chi connectivity index (χ0n) is 26.7. The molecule has 0 N–H and O–H groups in total. The molecule has 42 heavy (non-hydrogen) atoms. The second-order valence-electron chi connectivity index (χ2n) is 16.3. The Morgan fingerprint density at radius 3 is 2.40 bits per heavy atom. The van der Waals surface area contributed by atoms with E-state index in [0.29, 0.717) is 32.7 Å². The number of carbonyl (C=O) groups excluding carboxylic acids is 3. The van der Waals surface area contributed by atoms with Gasteiger partial charge >= 0.3 is 0 Å². The third-order valence-electron chi connectivity index (χ3n) is 13.9. The van der Waals surface area contributed by atoms with Crippen LogP contribution in [0.3, 0.4) is 0 Å². The SMILES string of the molecule is CC1C(=O)C(C#N)=CC2(C)C3=CC(=O)C4C5CC(C)(C)CCC5(CCC(=O)N5CCOCC5)CCC4(C)C3(C)CCC12. The molecule has 0 bridgehead atoms. The van der Waals surface area contributed by atoms with Gasteiger partial charge < -0.3 is 9.64 Å². The van der Waals surface area contributed by atoms with Crippen LogP contribution in [0.15, 0.2) is 23.3 Å². The van der Waals surface area contributed by atoms with Crippen molar-refractivity contribution in [3.8, 4) is 6.07 Å². The molecule has 1 heterocycles. The van der Waals surface area contributed by atoms with Crippen molar-refractivity contribution in [2.75, 3.05) is 26.3 Å². The topological polar surface area (TPSA) is 87.5 Å². The van der Waals surface area contributed by atoms with Gasteiger partial charge in [-0.05, 0) is 90.9 Å². The van der Waals surface area contributed by atoms with Gasteiger partial charge in [0.15, 0.2) is 11.6 Å². The van der Waals surface area contributed by atoms with E-state index in [0.717, 1.165) is 56.9 Å². The summed E-state index contributed by atoms with van der Waals surface area (Å²) in [5.74, 6) is 0.506. The van der Waals surface area contributed by atoms with Crippen LogP contribution in [0, 0.1) is 62.1 Å². The minimum atomic E-state index is -0.472. The molecule has 6 nitrogen and oxygen atoms in total. The lowest BCUT2D eigenvalue weighted by Gasteiger charge is -2.69. The maximum atomic E-state index is 14.6. The smallest absolute Gasteiger partial charge is 0.222 e. The lowest BCUT2D eigenvalue weighted by molar-refractivity contribution is -0.172. The molecule has 228 valence electrons. The average molecular weight is 575 g/mol. The lowest BCUT2D eigenvalue weighted by atomic mass is 9.34. The molecule has 6 rings (SSSR count). The van der Waals surface area contributed by atoms with Crippen LogP contribution in [-0.2, 0) is 19.1 Å². The van der Waals surface area contributed by atoms with E-state index < -0.39 is 5.41 Å². The molecule has 0 aromatic heterocycles. The van der Waals surface area contributed by atoms with Crippen molar-refractivity contribution >= 4 is 17.5 Å². The molecule has 0 radical (unpaired) electrons. The van der Waals surface area contributed by atoms with Crippen molar-refractivity contribution in [1.82, 2.24) is 4.90 Å². The summed E-state index contributed by atoms with van der Waals surface area (Å²) in [7, 11) is 0. The van der Waals surface area contributed by atoms with Crippen molar-refractivity contribution in [2.24, 2.45) is 50.7 Å². The molecule has 0 aromatic rings. The number of amides is 1. The van der Waals surface area contributed by atoms with Gasteiger partial charge in [-0.25, -0.2) is 0 Å². The zero-order chi connectivity index (χ0) is 30.3. The molecule has 6 heteroatoms. The van der Waals surface area contributed by atoms with E-state index in [1.165, 1.54) is 0 Å². The van der Waals surface area contributed by atoms with E-state index >= 15 is 0 Å². The first-order chi connectivity index (χ1) is 19.7. The zero-order valence-corrected chi connectivity index (χ0v) is 26.7. The number of Topliss-reactive ketones (excluding diaryl/α,β-unsaturated/α-hetero) is 1. The Hall–Kier alpha value is -2.26. The number of morpholine rings is 1. The molecule has 4 fully saturated rings. The highest BCUT2D eigenvalue weighted by molar-refractivity contribution is 6.02. The summed E-state index contributed by atoms with van der Waals surface area (Å²) in [6.07, 6.45) is 12.5. The Labute approximate surface area is 252 Å². The fourth-order valence-corrected chi connectivity index (χ4v) is 11.1. The first-order valence-corrected chi connectivity index (χ1v) is 16.5. The molecule has 1 saturated heterocycles. The van der Waals surface area contributed by atoms with E-state index in [2.05, 4.69) is 40.7 Å². The number of hydrogen-bond donors (Lipinski definition) is 0. The number of ketones is 2. The first-order valence-electron chi connectivity index (χ1n) is 16.5. The monoisotopic (exact) mass is 574 g/mol. The normalized spacial score (nSPS) is 44.5. The van der Waals surface area contributed by atoms with Crippen LogP contribution in [0.25, 0.3) is 0 Å². The van der Waals surface area contributed by atoms with Crippen molar-refractivity contribution in [3.05, 3.63) is 23.3 Å². The third-order valence-corrected chi connectivity index (χ3v) is 13.9. The largest absolute Gasteiger partial charge is 0.378 e. The third kappa shape index (κ3) is 4.15. The van der Waals surface area contributed by atoms with Gasteiger partial charge in [0.2, 0.25) is 5.91 Å². The van der Waals surface area contributed by atoms with Crippen molar-refractivity contribution in [2.45, 2.75) is 99.3 Å². The number of carbonyl (C=O) groups is 3. The predicted molar refractivity (Wildman–Crippen MR) is 161 cm³/mol. The van der Waals surface area contributed by atoms with Gasteiger partial charge in [0.05, 0.1) is 18.8 Å². The second kappa shape index (κ2) is 9.88. The minimum absolute atomic E-state index is 0.0137. The maximum absolute atomic E-state index is 14.6. The summed E-state index contributed by atoms with van der Waals surface area (Å²) in [5.41, 5.74) is 0.730. The Morgan fingerprint density at radius 1 is 1.02 bits per heavy atom. The number of hydrogen-bond acceptors (Lipinski definition) is 5. The van der Waals surface area contributed by atoms with Crippen molar-refractivity contribution in [1.29, 1.82) is 5.26 Å². The number of rotatable bonds is 3. The summed E-state index contributed by atoms with van der Waals surface area (Å²) >= 11 is 0. The summed E-state index contributed by atoms with van der Waals surface area (Å²) in [4.78, 5) is 42.9. The fraction of sp³-hybridized carbons (Fsp3) is 0.778. The molecule has 8 unspecified atom stereocenters. The highest BCUT2D eigenvalue weighted by Crippen LogP contribution is 2.74. The number of fused-ring (bicyclic) bond motifs is 7. The highest BCUT2D eigenvalue weighted by atomic mass is 16.5. The molecule has 8 atom stereocenters. The Kier molecular flexibility index (Phi) is 7.01. The molecule has 1 amide bonds. The molecule has 5 aliphatic carbocycles. The summed E-state index contributed by atoms with van der Waals surface area (Å²) < 4.78 is 5.48. The van der Waals surface area contributed by atoms with Crippen LogP contribution in [0.5, 0.6) is 0 Å². The van der Waals surface area contributed by atoms with Crippen LogP contribution < -0.4 is 0 Å². The van der Waals surface area contributed by atoms with E-state index in [-0.39, 0.29) is 68.4 Å². The molecule has 0 aromatic carbocycles. The molecule has 6 aliphatic rings. The molecular weight excluding hydrogens is 524 g/mol. The Bertz CT molecular complexity index is 1300. The van der Waals surface area contributed by atoms with Gasteiger partial charge in [0.1, 0.15) is 6.07 Å². The minimum Gasteiger partial charge on any atom is -0.378 e. The van der Waals surface area contributed by atoms with Gasteiger partial charge in [-0.15, -0.1) is 0 Å². The lowest BCUT2D eigenvalue weighted by Crippen LogP contribution is -2.64. The summed E-state index contributed by atoms with van der Waals surface area (Å²) in [6, 6.07) is 2.19. The van der Waals surface area contributed by atoms with E-state index in [9.17, 15) is 19.6 Å². The average Bonchev–Trinajstić information content (AvgIpc) is 2.95. The number of ether oxygens (including phenoxy) is 1. The van der Waals surface area contributed by atoms with Crippen LogP contribution in [0.2, 0.25) is 0 Å². The number of allylic oxidation sites excluding steroid dienone is 4. The van der Waals surface area contributed by atoms with Gasteiger partial charge in [0, 0.05) is 36.8 Å². The molecule has 0 spiro atoms. The van der Waals surface area contributed by atoms with Gasteiger partial charge in [-0.2, -0.15) is 5.26 Å². The Morgan fingerprint density at radius 2 is 1.71 bits per heavy atom. The highest BCUT2D eigenvalue weighted by Gasteiger charge is 2.68. The molecule has 3 saturated carbocycles. The van der Waals surface area contributed by atoms with Crippen molar-refractivity contribution < 1.29 is 19.1 Å².